The fourth-order valence-electron chi connectivity index (χ4n) is 2.14. The SMILES string of the molecule is O=C(O)CCCCCCCCCCCN[C@@H](CS)C(=O)O. The van der Waals surface area contributed by atoms with E-state index in [9.17, 15) is 9.59 Å². The zero-order valence-electron chi connectivity index (χ0n) is 12.7. The maximum Gasteiger partial charge on any atom is 0.321 e. The molecule has 0 aromatic heterocycles. The Kier molecular flexibility index (Phi) is 13.7. The highest BCUT2D eigenvalue weighted by atomic mass is 32.1. The topological polar surface area (TPSA) is 86.6 Å². The van der Waals surface area contributed by atoms with Crippen molar-refractivity contribution in [3.05, 3.63) is 0 Å². The van der Waals surface area contributed by atoms with Crippen LogP contribution in [0.25, 0.3) is 0 Å². The Bertz CT molecular complexity index is 287. The first-order valence-electron chi connectivity index (χ1n) is 7.86. The Hall–Kier alpha value is -0.750. The standard InChI is InChI=1S/C15H29NO4S/c17-14(18)10-8-6-4-2-1-3-5-7-9-11-16-13(12-21)15(19)20/h13,16,21H,1-12H2,(H,17,18)(H,19,20)/t13-/m0/s1. The predicted molar refractivity (Wildman–Crippen MR) is 87.1 cm³/mol. The monoisotopic (exact) mass is 319 g/mol. The predicted octanol–water partition coefficient (Wildman–Crippen LogP) is 2.94. The maximum atomic E-state index is 10.7. The molecule has 0 aliphatic rings. The van der Waals surface area contributed by atoms with Crippen molar-refractivity contribution < 1.29 is 19.8 Å². The van der Waals surface area contributed by atoms with Crippen molar-refractivity contribution in [2.45, 2.75) is 70.3 Å². The zero-order chi connectivity index (χ0) is 15.9. The molecule has 0 aromatic carbocycles. The van der Waals surface area contributed by atoms with Crippen LogP contribution in [0, 0.1) is 0 Å². The third-order valence-electron chi connectivity index (χ3n) is 3.44. The molecule has 0 spiro atoms. The maximum absolute atomic E-state index is 10.7. The summed E-state index contributed by atoms with van der Waals surface area (Å²) in [5.41, 5.74) is 0. The Labute approximate surface area is 132 Å². The van der Waals surface area contributed by atoms with Crippen LogP contribution in [0.15, 0.2) is 0 Å². The van der Waals surface area contributed by atoms with Crippen LogP contribution in [0.2, 0.25) is 0 Å². The van der Waals surface area contributed by atoms with Gasteiger partial charge in [0.05, 0.1) is 0 Å². The van der Waals surface area contributed by atoms with Gasteiger partial charge in [0, 0.05) is 12.2 Å². The highest BCUT2D eigenvalue weighted by Crippen LogP contribution is 2.10. The lowest BCUT2D eigenvalue weighted by Gasteiger charge is -2.11. The minimum absolute atomic E-state index is 0.288. The highest BCUT2D eigenvalue weighted by molar-refractivity contribution is 7.80. The number of carboxylic acid groups (broad SMARTS) is 2. The van der Waals surface area contributed by atoms with Gasteiger partial charge in [0.25, 0.3) is 0 Å². The lowest BCUT2D eigenvalue weighted by atomic mass is 10.1. The minimum Gasteiger partial charge on any atom is -0.481 e. The number of thiol groups is 1. The molecular formula is C15H29NO4S. The summed E-state index contributed by atoms with van der Waals surface area (Å²) in [6, 6.07) is -0.542. The number of aliphatic carboxylic acids is 2. The average Bonchev–Trinajstić information content (AvgIpc) is 2.43. The summed E-state index contributed by atoms with van der Waals surface area (Å²) in [6.07, 6.45) is 10.1. The van der Waals surface area contributed by atoms with E-state index in [2.05, 4.69) is 17.9 Å². The van der Waals surface area contributed by atoms with E-state index in [-0.39, 0.29) is 6.42 Å². The highest BCUT2D eigenvalue weighted by Gasteiger charge is 2.13. The van der Waals surface area contributed by atoms with Crippen LogP contribution in [0.3, 0.4) is 0 Å². The molecule has 0 aliphatic heterocycles. The van der Waals surface area contributed by atoms with E-state index in [4.69, 9.17) is 10.2 Å². The van der Waals surface area contributed by atoms with Gasteiger partial charge < -0.3 is 15.5 Å². The van der Waals surface area contributed by atoms with Gasteiger partial charge in [0.2, 0.25) is 0 Å². The Balaban J connectivity index is 3.19. The van der Waals surface area contributed by atoms with Gasteiger partial charge in [-0.25, -0.2) is 0 Å². The van der Waals surface area contributed by atoms with E-state index in [0.717, 1.165) is 38.6 Å². The molecule has 0 heterocycles. The molecule has 0 aromatic rings. The quantitative estimate of drug-likeness (QED) is 0.275. The van der Waals surface area contributed by atoms with Gasteiger partial charge >= 0.3 is 11.9 Å². The van der Waals surface area contributed by atoms with E-state index >= 15 is 0 Å². The number of nitrogens with one attached hydrogen (secondary N) is 1. The number of hydrogen-bond acceptors (Lipinski definition) is 4. The van der Waals surface area contributed by atoms with Gasteiger partial charge in [-0.3, -0.25) is 9.59 Å². The van der Waals surface area contributed by atoms with Crippen LogP contribution in [-0.4, -0.2) is 40.5 Å². The van der Waals surface area contributed by atoms with Crippen molar-refractivity contribution in [2.24, 2.45) is 0 Å². The van der Waals surface area contributed by atoms with Crippen LogP contribution in [0.1, 0.15) is 64.2 Å². The molecule has 0 unspecified atom stereocenters. The number of unbranched alkanes of at least 4 members (excludes halogenated alkanes) is 8. The number of hydrogen-bond donors (Lipinski definition) is 4. The largest absolute Gasteiger partial charge is 0.481 e. The summed E-state index contributed by atoms with van der Waals surface area (Å²) in [6.45, 7) is 0.729. The Morgan fingerprint density at radius 3 is 1.76 bits per heavy atom. The van der Waals surface area contributed by atoms with Crippen molar-refractivity contribution in [1.82, 2.24) is 5.32 Å². The molecule has 0 amide bonds. The second-order valence-corrected chi connectivity index (χ2v) is 5.72. The lowest BCUT2D eigenvalue weighted by Crippen LogP contribution is -2.38. The van der Waals surface area contributed by atoms with Crippen LogP contribution >= 0.6 is 12.6 Å². The molecule has 124 valence electrons. The van der Waals surface area contributed by atoms with Crippen LogP contribution in [0.4, 0.5) is 0 Å². The first-order valence-corrected chi connectivity index (χ1v) is 8.50. The molecule has 0 bridgehead atoms. The smallest absolute Gasteiger partial charge is 0.321 e. The number of carbonyl (C=O) groups is 2. The molecule has 3 N–H and O–H groups in total. The Morgan fingerprint density at radius 1 is 0.857 bits per heavy atom. The van der Waals surface area contributed by atoms with Crippen LogP contribution in [0.5, 0.6) is 0 Å². The summed E-state index contributed by atoms with van der Waals surface area (Å²) >= 11 is 4.00. The van der Waals surface area contributed by atoms with Gasteiger partial charge in [0.15, 0.2) is 0 Å². The van der Waals surface area contributed by atoms with E-state index in [1.807, 2.05) is 0 Å². The molecule has 0 rings (SSSR count). The molecule has 0 fully saturated rings. The van der Waals surface area contributed by atoms with E-state index in [1.165, 1.54) is 25.7 Å². The van der Waals surface area contributed by atoms with Crippen LogP contribution in [-0.2, 0) is 9.59 Å². The second-order valence-electron chi connectivity index (χ2n) is 5.35. The molecular weight excluding hydrogens is 290 g/mol. The van der Waals surface area contributed by atoms with Crippen molar-refractivity contribution in [1.29, 1.82) is 0 Å². The molecule has 0 saturated heterocycles. The fraction of sp³-hybridized carbons (Fsp3) is 0.867. The molecule has 6 heteroatoms. The average molecular weight is 319 g/mol. The van der Waals surface area contributed by atoms with Gasteiger partial charge in [-0.05, 0) is 19.4 Å². The molecule has 5 nitrogen and oxygen atoms in total. The number of rotatable bonds is 15. The first kappa shape index (κ1) is 20.2. The van der Waals surface area contributed by atoms with E-state index < -0.39 is 18.0 Å². The van der Waals surface area contributed by atoms with Gasteiger partial charge in [-0.1, -0.05) is 44.9 Å². The Morgan fingerprint density at radius 2 is 1.33 bits per heavy atom. The van der Waals surface area contributed by atoms with Gasteiger partial charge in [-0.15, -0.1) is 0 Å². The molecule has 0 aliphatic carbocycles. The molecule has 0 radical (unpaired) electrons. The fourth-order valence-corrected chi connectivity index (χ4v) is 2.43. The van der Waals surface area contributed by atoms with Gasteiger partial charge in [0.1, 0.15) is 6.04 Å². The molecule has 0 saturated carbocycles. The summed E-state index contributed by atoms with van der Waals surface area (Å²) in [5.74, 6) is -1.23. The second kappa shape index (κ2) is 14.2. The molecule has 21 heavy (non-hydrogen) atoms. The third kappa shape index (κ3) is 14.0. The summed E-state index contributed by atoms with van der Waals surface area (Å²) in [5, 5.41) is 20.3. The van der Waals surface area contributed by atoms with Crippen molar-refractivity contribution in [3.8, 4) is 0 Å². The zero-order valence-corrected chi connectivity index (χ0v) is 13.6. The lowest BCUT2D eigenvalue weighted by molar-refractivity contribution is -0.139. The summed E-state index contributed by atoms with van der Waals surface area (Å²) in [7, 11) is 0. The van der Waals surface area contributed by atoms with Crippen LogP contribution < -0.4 is 5.32 Å². The van der Waals surface area contributed by atoms with Crippen molar-refractivity contribution >= 4 is 24.6 Å². The van der Waals surface area contributed by atoms with Gasteiger partial charge in [-0.2, -0.15) is 12.6 Å². The van der Waals surface area contributed by atoms with Crippen molar-refractivity contribution in [2.75, 3.05) is 12.3 Å². The van der Waals surface area contributed by atoms with Crippen molar-refractivity contribution in [3.63, 3.8) is 0 Å². The summed E-state index contributed by atoms with van der Waals surface area (Å²) < 4.78 is 0. The normalized spacial score (nSPS) is 12.2. The van der Waals surface area contributed by atoms with E-state index in [1.54, 1.807) is 0 Å². The number of carboxylic acids is 2. The first-order chi connectivity index (χ1) is 10.1. The molecule has 1 atom stereocenters. The summed E-state index contributed by atoms with van der Waals surface area (Å²) in [4.78, 5) is 21.1. The van der Waals surface area contributed by atoms with E-state index in [0.29, 0.717) is 5.75 Å². The third-order valence-corrected chi connectivity index (χ3v) is 3.80. The minimum atomic E-state index is -0.840.